The average Bonchev–Trinajstić information content (AvgIpc) is 2.87. The number of hydrogen-bond acceptors (Lipinski definition) is 6. The van der Waals surface area contributed by atoms with Crippen LogP contribution in [-0.2, 0) is 19.3 Å². The van der Waals surface area contributed by atoms with E-state index in [9.17, 15) is 13.2 Å². The van der Waals surface area contributed by atoms with E-state index < -0.39 is 11.2 Å². The molecule has 0 amide bonds. The molecule has 0 unspecified atom stereocenters. The Balaban J connectivity index is 1.95. The zero-order chi connectivity index (χ0) is 14.0. The molecule has 0 saturated heterocycles. The zero-order valence-electron chi connectivity index (χ0n) is 10.2. The maximum absolute atomic E-state index is 12.4. The second-order valence-corrected chi connectivity index (χ2v) is 4.89. The molecule has 104 valence electrons. The monoisotopic (exact) mass is 292 g/mol. The molecule has 0 radical (unpaired) electrons. The van der Waals surface area contributed by atoms with E-state index in [-0.39, 0.29) is 6.54 Å². The maximum Gasteiger partial charge on any atom is 0.443 e. The highest BCUT2D eigenvalue weighted by Crippen LogP contribution is 2.31. The second kappa shape index (κ2) is 5.25. The predicted octanol–water partition coefficient (Wildman–Crippen LogP) is 2.49. The van der Waals surface area contributed by atoms with Gasteiger partial charge in [0, 0.05) is 18.8 Å². The summed E-state index contributed by atoms with van der Waals surface area (Å²) < 4.78 is 42.4. The maximum atomic E-state index is 12.4. The Kier molecular flexibility index (Phi) is 3.85. The fourth-order valence-electron chi connectivity index (χ4n) is 1.47. The molecule has 0 aliphatic heterocycles. The van der Waals surface area contributed by atoms with Gasteiger partial charge in [-0.3, -0.25) is 4.90 Å². The van der Waals surface area contributed by atoms with E-state index in [2.05, 4.69) is 15.2 Å². The lowest BCUT2D eigenvalue weighted by Gasteiger charge is -2.12. The van der Waals surface area contributed by atoms with Gasteiger partial charge in [-0.2, -0.15) is 13.2 Å². The quantitative estimate of drug-likeness (QED) is 0.866. The Morgan fingerprint density at radius 3 is 2.58 bits per heavy atom. The lowest BCUT2D eigenvalue weighted by Crippen LogP contribution is -2.18. The van der Waals surface area contributed by atoms with E-state index >= 15 is 0 Å². The third-order valence-electron chi connectivity index (χ3n) is 2.20. The highest BCUT2D eigenvalue weighted by molar-refractivity contribution is 7.09. The molecule has 2 rings (SSSR count). The summed E-state index contributed by atoms with van der Waals surface area (Å²) in [6.45, 7) is 2.32. The molecule has 9 heteroatoms. The number of hydrogen-bond donors (Lipinski definition) is 0. The third-order valence-corrected chi connectivity index (χ3v) is 3.14. The molecule has 0 atom stereocenters. The van der Waals surface area contributed by atoms with Crippen LogP contribution in [0.15, 0.2) is 9.80 Å². The van der Waals surface area contributed by atoms with Crippen molar-refractivity contribution in [1.82, 2.24) is 20.1 Å². The summed E-state index contributed by atoms with van der Waals surface area (Å²) in [5.41, 5.74) is 0.371. The van der Waals surface area contributed by atoms with Crippen LogP contribution >= 0.6 is 11.3 Å². The normalized spacial score (nSPS) is 12.3. The Bertz CT molecular complexity index is 551. The Morgan fingerprint density at radius 1 is 1.32 bits per heavy atom. The number of halogens is 3. The van der Waals surface area contributed by atoms with Gasteiger partial charge in [-0.15, -0.1) is 21.5 Å². The number of aromatic nitrogens is 3. The molecular formula is C10H11F3N4OS. The largest absolute Gasteiger partial charge is 0.443 e. The van der Waals surface area contributed by atoms with Crippen LogP contribution < -0.4 is 0 Å². The number of thiazole rings is 1. The molecule has 0 saturated carbocycles. The number of rotatable bonds is 4. The van der Waals surface area contributed by atoms with Crippen LogP contribution in [0.3, 0.4) is 0 Å². The molecule has 19 heavy (non-hydrogen) atoms. The average molecular weight is 292 g/mol. The van der Waals surface area contributed by atoms with Gasteiger partial charge in [0.15, 0.2) is 5.01 Å². The van der Waals surface area contributed by atoms with Gasteiger partial charge < -0.3 is 4.42 Å². The van der Waals surface area contributed by atoms with Crippen molar-refractivity contribution in [3.63, 3.8) is 0 Å². The van der Waals surface area contributed by atoms with Crippen molar-refractivity contribution in [2.24, 2.45) is 0 Å². The standard InChI is InChI=1S/C10H11F3N4OS/c1-6-15-16-8(18-6)4-17(2)3-7-5-19-9(14-7)10(11,12)13/h5H,3-4H2,1-2H3. The van der Waals surface area contributed by atoms with Gasteiger partial charge in [0.1, 0.15) is 0 Å². The van der Waals surface area contributed by atoms with Crippen molar-refractivity contribution in [2.75, 3.05) is 7.05 Å². The molecule has 2 aromatic heterocycles. The molecule has 5 nitrogen and oxygen atoms in total. The van der Waals surface area contributed by atoms with E-state index in [0.717, 1.165) is 0 Å². The smallest absolute Gasteiger partial charge is 0.424 e. The molecule has 0 spiro atoms. The van der Waals surface area contributed by atoms with Crippen molar-refractivity contribution in [2.45, 2.75) is 26.2 Å². The lowest BCUT2D eigenvalue weighted by atomic mass is 10.4. The fraction of sp³-hybridized carbons (Fsp3) is 0.500. The minimum atomic E-state index is -4.38. The molecule has 2 aromatic rings. The Morgan fingerprint density at radius 2 is 2.05 bits per heavy atom. The van der Waals surface area contributed by atoms with Gasteiger partial charge in [-0.25, -0.2) is 4.98 Å². The van der Waals surface area contributed by atoms with Gasteiger partial charge in [-0.05, 0) is 7.05 Å². The fourth-order valence-corrected chi connectivity index (χ4v) is 2.15. The van der Waals surface area contributed by atoms with E-state index in [1.165, 1.54) is 5.38 Å². The summed E-state index contributed by atoms with van der Waals surface area (Å²) >= 11 is 0.595. The third kappa shape index (κ3) is 3.74. The van der Waals surface area contributed by atoms with Crippen molar-refractivity contribution >= 4 is 11.3 Å². The Hall–Kier alpha value is -1.48. The zero-order valence-corrected chi connectivity index (χ0v) is 11.0. The van der Waals surface area contributed by atoms with Crippen LogP contribution in [0, 0.1) is 6.92 Å². The van der Waals surface area contributed by atoms with Gasteiger partial charge >= 0.3 is 6.18 Å². The first-order valence-electron chi connectivity index (χ1n) is 5.33. The van der Waals surface area contributed by atoms with Crippen molar-refractivity contribution < 1.29 is 17.6 Å². The highest BCUT2D eigenvalue weighted by atomic mass is 32.1. The van der Waals surface area contributed by atoms with Crippen molar-refractivity contribution in [3.8, 4) is 0 Å². The number of aryl methyl sites for hydroxylation is 1. The van der Waals surface area contributed by atoms with Gasteiger partial charge in [0.25, 0.3) is 0 Å². The molecular weight excluding hydrogens is 281 g/mol. The first-order chi connectivity index (χ1) is 8.84. The van der Waals surface area contributed by atoms with Crippen molar-refractivity contribution in [1.29, 1.82) is 0 Å². The first kappa shape index (κ1) is 13.9. The molecule has 0 aliphatic rings. The predicted molar refractivity (Wildman–Crippen MR) is 61.3 cm³/mol. The van der Waals surface area contributed by atoms with E-state index in [4.69, 9.17) is 4.42 Å². The van der Waals surface area contributed by atoms with Gasteiger partial charge in [0.05, 0.1) is 12.2 Å². The van der Waals surface area contributed by atoms with E-state index in [0.29, 0.717) is 35.4 Å². The topological polar surface area (TPSA) is 55.1 Å². The lowest BCUT2D eigenvalue weighted by molar-refractivity contribution is -0.137. The van der Waals surface area contributed by atoms with Crippen LogP contribution in [0.2, 0.25) is 0 Å². The van der Waals surface area contributed by atoms with Crippen molar-refractivity contribution in [3.05, 3.63) is 27.9 Å². The van der Waals surface area contributed by atoms with Crippen LogP contribution in [0.1, 0.15) is 22.5 Å². The van der Waals surface area contributed by atoms with Gasteiger partial charge in [0.2, 0.25) is 11.8 Å². The van der Waals surface area contributed by atoms with Crippen LogP contribution in [0.5, 0.6) is 0 Å². The first-order valence-corrected chi connectivity index (χ1v) is 6.21. The molecule has 0 aliphatic carbocycles. The van der Waals surface area contributed by atoms with Crippen LogP contribution in [0.4, 0.5) is 13.2 Å². The summed E-state index contributed by atoms with van der Waals surface area (Å²) in [7, 11) is 1.74. The summed E-state index contributed by atoms with van der Waals surface area (Å²) in [6.07, 6.45) is -4.38. The summed E-state index contributed by atoms with van der Waals surface area (Å²) in [6, 6.07) is 0. The SMILES string of the molecule is Cc1nnc(CN(C)Cc2csc(C(F)(F)F)n2)o1. The second-order valence-electron chi connectivity index (χ2n) is 4.03. The molecule has 0 N–H and O–H groups in total. The summed E-state index contributed by atoms with van der Waals surface area (Å²) in [5, 5.41) is 8.07. The molecule has 0 bridgehead atoms. The van der Waals surface area contributed by atoms with Gasteiger partial charge in [-0.1, -0.05) is 0 Å². The summed E-state index contributed by atoms with van der Waals surface area (Å²) in [4.78, 5) is 5.31. The van der Waals surface area contributed by atoms with Crippen LogP contribution in [-0.4, -0.2) is 27.1 Å². The number of nitrogens with zero attached hydrogens (tertiary/aromatic N) is 4. The highest BCUT2D eigenvalue weighted by Gasteiger charge is 2.34. The molecule has 2 heterocycles. The molecule has 0 fully saturated rings. The minimum Gasteiger partial charge on any atom is -0.424 e. The number of alkyl halides is 3. The van der Waals surface area contributed by atoms with Crippen LogP contribution in [0.25, 0.3) is 0 Å². The Labute approximate surface area is 111 Å². The van der Waals surface area contributed by atoms with E-state index in [1.54, 1.807) is 18.9 Å². The molecule has 0 aromatic carbocycles. The van der Waals surface area contributed by atoms with E-state index in [1.807, 2.05) is 0 Å². The summed E-state index contributed by atoms with van der Waals surface area (Å²) in [5.74, 6) is 0.877. The minimum absolute atomic E-state index is 0.286.